The average molecular weight is 312 g/mol. The molecule has 0 fully saturated rings. The van der Waals surface area contributed by atoms with Crippen LogP contribution < -0.4 is 4.74 Å². The van der Waals surface area contributed by atoms with E-state index in [4.69, 9.17) is 16.3 Å². The van der Waals surface area contributed by atoms with Crippen LogP contribution in [-0.4, -0.2) is 40.1 Å². The van der Waals surface area contributed by atoms with Gasteiger partial charge < -0.3 is 14.7 Å². The molecule has 1 unspecified atom stereocenters. The van der Waals surface area contributed by atoms with Gasteiger partial charge in [0.1, 0.15) is 11.3 Å². The van der Waals surface area contributed by atoms with Crippen LogP contribution in [-0.2, 0) is 16.0 Å². The minimum atomic E-state index is -1.28. The van der Waals surface area contributed by atoms with Crippen molar-refractivity contribution in [1.82, 2.24) is 4.90 Å². The van der Waals surface area contributed by atoms with Crippen molar-refractivity contribution < 1.29 is 19.4 Å². The Kier molecular flexibility index (Phi) is 4.14. The summed E-state index contributed by atoms with van der Waals surface area (Å²) in [7, 11) is 0. The number of carbonyl (C=O) groups excluding carboxylic acids is 1. The zero-order valence-electron chi connectivity index (χ0n) is 12.2. The van der Waals surface area contributed by atoms with Gasteiger partial charge >= 0.3 is 5.97 Å². The van der Waals surface area contributed by atoms with Crippen LogP contribution >= 0.6 is 11.6 Å². The van der Waals surface area contributed by atoms with Crippen molar-refractivity contribution >= 4 is 23.5 Å². The summed E-state index contributed by atoms with van der Waals surface area (Å²) in [6, 6.07) is 5.19. The predicted octanol–water partition coefficient (Wildman–Crippen LogP) is 2.36. The smallest absolute Gasteiger partial charge is 0.329 e. The van der Waals surface area contributed by atoms with E-state index in [1.807, 2.05) is 0 Å². The number of amides is 1. The molecule has 0 spiro atoms. The number of aliphatic carboxylic acids is 1. The molecule has 1 heterocycles. The number of ether oxygens (including phenoxy) is 1. The van der Waals surface area contributed by atoms with Gasteiger partial charge in [-0.15, -0.1) is 0 Å². The third kappa shape index (κ3) is 2.83. The predicted molar refractivity (Wildman–Crippen MR) is 78.7 cm³/mol. The highest BCUT2D eigenvalue weighted by molar-refractivity contribution is 6.30. The maximum atomic E-state index is 12.6. The second-order valence-corrected chi connectivity index (χ2v) is 5.95. The Bertz CT molecular complexity index is 585. The van der Waals surface area contributed by atoms with Crippen molar-refractivity contribution in [3.05, 3.63) is 28.8 Å². The van der Waals surface area contributed by atoms with E-state index in [0.717, 1.165) is 5.56 Å². The zero-order chi connectivity index (χ0) is 15.8. The number of carboxylic acids is 1. The molecule has 6 heteroatoms. The van der Waals surface area contributed by atoms with Gasteiger partial charge in [0.15, 0.2) is 6.10 Å². The Morgan fingerprint density at radius 3 is 2.71 bits per heavy atom. The first-order chi connectivity index (χ1) is 9.77. The Morgan fingerprint density at radius 1 is 1.48 bits per heavy atom. The molecule has 1 N–H and O–H groups in total. The number of hydrogen-bond donors (Lipinski definition) is 1. The van der Waals surface area contributed by atoms with E-state index in [-0.39, 0.29) is 5.91 Å². The van der Waals surface area contributed by atoms with Crippen molar-refractivity contribution in [3.63, 3.8) is 0 Å². The number of nitrogens with zero attached hydrogens (tertiary/aromatic N) is 1. The lowest BCUT2D eigenvalue weighted by molar-refractivity contribution is -0.159. The fourth-order valence-electron chi connectivity index (χ4n) is 2.47. The second kappa shape index (κ2) is 5.56. The van der Waals surface area contributed by atoms with Gasteiger partial charge in [0.2, 0.25) is 0 Å². The molecule has 1 aromatic carbocycles. The van der Waals surface area contributed by atoms with Crippen molar-refractivity contribution in [3.8, 4) is 5.75 Å². The molecule has 1 amide bonds. The molecule has 1 aromatic rings. The maximum Gasteiger partial charge on any atom is 0.329 e. The van der Waals surface area contributed by atoms with E-state index in [1.165, 1.54) is 18.7 Å². The van der Waals surface area contributed by atoms with Gasteiger partial charge in [0.25, 0.3) is 5.91 Å². The van der Waals surface area contributed by atoms with Crippen molar-refractivity contribution in [2.24, 2.45) is 0 Å². The van der Waals surface area contributed by atoms with Gasteiger partial charge in [0, 0.05) is 18.0 Å². The molecule has 1 aliphatic rings. The molecule has 0 saturated carbocycles. The molecule has 21 heavy (non-hydrogen) atoms. The van der Waals surface area contributed by atoms with Crippen LogP contribution in [0.4, 0.5) is 0 Å². The van der Waals surface area contributed by atoms with Crippen molar-refractivity contribution in [1.29, 1.82) is 0 Å². The molecular formula is C15H18ClNO4. The first-order valence-corrected chi connectivity index (χ1v) is 7.15. The molecule has 0 radical (unpaired) electrons. The highest BCUT2D eigenvalue weighted by atomic mass is 35.5. The summed E-state index contributed by atoms with van der Waals surface area (Å²) < 4.78 is 5.64. The zero-order valence-corrected chi connectivity index (χ0v) is 13.0. The van der Waals surface area contributed by atoms with Gasteiger partial charge in [-0.1, -0.05) is 11.6 Å². The Morgan fingerprint density at radius 2 is 2.14 bits per heavy atom. The summed E-state index contributed by atoms with van der Waals surface area (Å²) in [6.45, 7) is 5.07. The van der Waals surface area contributed by atoms with Crippen LogP contribution in [0.3, 0.4) is 0 Å². The summed E-state index contributed by atoms with van der Waals surface area (Å²) in [5, 5.41) is 9.88. The van der Waals surface area contributed by atoms with E-state index in [9.17, 15) is 14.7 Å². The summed E-state index contributed by atoms with van der Waals surface area (Å²) in [5.41, 5.74) is -0.410. The Labute approximate surface area is 128 Å². The summed E-state index contributed by atoms with van der Waals surface area (Å²) in [5.74, 6) is -0.740. The molecule has 5 nitrogen and oxygen atoms in total. The van der Waals surface area contributed by atoms with Gasteiger partial charge in [0.05, 0.1) is 0 Å². The first-order valence-electron chi connectivity index (χ1n) is 6.77. The highest BCUT2D eigenvalue weighted by Crippen LogP contribution is 2.32. The van der Waals surface area contributed by atoms with E-state index < -0.39 is 17.6 Å². The summed E-state index contributed by atoms with van der Waals surface area (Å²) >= 11 is 5.93. The quantitative estimate of drug-likeness (QED) is 0.927. The number of benzene rings is 1. The fraction of sp³-hybridized carbons (Fsp3) is 0.467. The topological polar surface area (TPSA) is 66.8 Å². The maximum absolute atomic E-state index is 12.6. The van der Waals surface area contributed by atoms with Crippen LogP contribution in [0.1, 0.15) is 26.3 Å². The molecule has 2 rings (SSSR count). The lowest BCUT2D eigenvalue weighted by Crippen LogP contribution is -2.56. The number of hydrogen-bond acceptors (Lipinski definition) is 3. The molecule has 0 bridgehead atoms. The van der Waals surface area contributed by atoms with E-state index in [1.54, 1.807) is 25.1 Å². The van der Waals surface area contributed by atoms with Crippen LogP contribution in [0.25, 0.3) is 0 Å². The first kappa shape index (κ1) is 15.6. The Balaban J connectivity index is 2.20. The highest BCUT2D eigenvalue weighted by Gasteiger charge is 2.41. The average Bonchev–Trinajstić information content (AvgIpc) is 2.81. The summed E-state index contributed by atoms with van der Waals surface area (Å²) in [4.78, 5) is 25.3. The van der Waals surface area contributed by atoms with Crippen LogP contribution in [0.5, 0.6) is 5.75 Å². The molecule has 0 saturated heterocycles. The van der Waals surface area contributed by atoms with Gasteiger partial charge in [-0.2, -0.15) is 0 Å². The normalized spacial score (nSPS) is 17.0. The lowest BCUT2D eigenvalue weighted by atomic mass is 10.0. The Hall–Kier alpha value is -1.75. The third-order valence-electron chi connectivity index (χ3n) is 3.75. The number of rotatable bonds is 4. The van der Waals surface area contributed by atoms with Gasteiger partial charge in [-0.05, 0) is 44.5 Å². The number of fused-ring (bicyclic) bond motifs is 1. The van der Waals surface area contributed by atoms with Crippen molar-refractivity contribution in [2.45, 2.75) is 38.8 Å². The minimum absolute atomic E-state index is 0.301. The molecule has 0 aliphatic carbocycles. The van der Waals surface area contributed by atoms with E-state index >= 15 is 0 Å². The largest absolute Gasteiger partial charge is 0.480 e. The van der Waals surface area contributed by atoms with Gasteiger partial charge in [-0.3, -0.25) is 4.79 Å². The monoisotopic (exact) mass is 311 g/mol. The second-order valence-electron chi connectivity index (χ2n) is 5.51. The van der Waals surface area contributed by atoms with Crippen molar-refractivity contribution in [2.75, 3.05) is 6.54 Å². The summed E-state index contributed by atoms with van der Waals surface area (Å²) in [6.07, 6.45) is -0.293. The van der Waals surface area contributed by atoms with Gasteiger partial charge in [-0.25, -0.2) is 4.79 Å². The SMILES string of the molecule is CCN(C(=O)C1Cc2cc(Cl)ccc2O1)C(C)(C)C(=O)O. The minimum Gasteiger partial charge on any atom is -0.480 e. The van der Waals surface area contributed by atoms with Crippen LogP contribution in [0.2, 0.25) is 5.02 Å². The van der Waals surface area contributed by atoms with Crippen LogP contribution in [0.15, 0.2) is 18.2 Å². The lowest BCUT2D eigenvalue weighted by Gasteiger charge is -2.35. The standard InChI is InChI=1S/C15H18ClNO4/c1-4-17(15(2,3)14(19)20)13(18)12-8-9-7-10(16)5-6-11(9)21-12/h5-7,12H,4,8H2,1-3H3,(H,19,20). The molecule has 114 valence electrons. The molecule has 1 atom stereocenters. The number of likely N-dealkylation sites (N-methyl/N-ethyl adjacent to an activating group) is 1. The van der Waals surface area contributed by atoms with Crippen LogP contribution in [0, 0.1) is 0 Å². The number of carbonyl (C=O) groups is 2. The van der Waals surface area contributed by atoms with E-state index in [2.05, 4.69) is 0 Å². The number of carboxylic acid groups (broad SMARTS) is 1. The van der Waals surface area contributed by atoms with E-state index in [0.29, 0.717) is 23.7 Å². The molecule has 1 aliphatic heterocycles. The molecular weight excluding hydrogens is 294 g/mol. The third-order valence-corrected chi connectivity index (χ3v) is 3.99. The fourth-order valence-corrected chi connectivity index (χ4v) is 2.67. The molecule has 0 aromatic heterocycles. The number of halogens is 1.